The number of benzene rings is 2. The molecule has 2 aromatic carbocycles. The summed E-state index contributed by atoms with van der Waals surface area (Å²) >= 11 is 0. The lowest BCUT2D eigenvalue weighted by atomic mass is 10.0. The number of halogens is 1. The van der Waals surface area contributed by atoms with E-state index in [0.717, 1.165) is 60.7 Å². The zero-order valence-corrected chi connectivity index (χ0v) is 17.2. The van der Waals surface area contributed by atoms with Gasteiger partial charge in [-0.15, -0.1) is 0 Å². The molecule has 0 spiro atoms. The Morgan fingerprint density at radius 1 is 0.903 bits per heavy atom. The Labute approximate surface area is 181 Å². The fourth-order valence-corrected chi connectivity index (χ4v) is 5.09. The normalized spacial score (nSPS) is 17.1. The number of aromatic nitrogens is 3. The largest absolute Gasteiger partial charge is 0.369 e. The smallest absolute Gasteiger partial charge is 0.123 e. The van der Waals surface area contributed by atoms with Crippen molar-refractivity contribution in [1.29, 1.82) is 0 Å². The van der Waals surface area contributed by atoms with Crippen LogP contribution in [0.3, 0.4) is 0 Å². The summed E-state index contributed by atoms with van der Waals surface area (Å²) in [6, 6.07) is 19.8. The van der Waals surface area contributed by atoms with E-state index in [-0.39, 0.29) is 5.82 Å². The summed E-state index contributed by atoms with van der Waals surface area (Å²) in [6.45, 7) is 2.04. The molecule has 0 N–H and O–H groups in total. The van der Waals surface area contributed by atoms with Crippen LogP contribution in [0.1, 0.15) is 23.9 Å². The maximum absolute atomic E-state index is 13.6. The van der Waals surface area contributed by atoms with Crippen molar-refractivity contribution in [1.82, 2.24) is 14.5 Å². The van der Waals surface area contributed by atoms with Crippen LogP contribution in [0, 0.1) is 5.82 Å². The number of imidazole rings is 1. The molecule has 4 heterocycles. The first-order valence-corrected chi connectivity index (χ1v) is 10.9. The predicted molar refractivity (Wildman–Crippen MR) is 121 cm³/mol. The number of aryl methyl sites for hydroxylation is 1. The van der Waals surface area contributed by atoms with Crippen molar-refractivity contribution < 1.29 is 4.39 Å². The van der Waals surface area contributed by atoms with Crippen LogP contribution in [-0.2, 0) is 12.8 Å². The zero-order valence-electron chi connectivity index (χ0n) is 17.2. The lowest BCUT2D eigenvalue weighted by Crippen LogP contribution is -2.28. The van der Waals surface area contributed by atoms with Gasteiger partial charge in [-0.2, -0.15) is 0 Å². The summed E-state index contributed by atoms with van der Waals surface area (Å²) in [5.41, 5.74) is 6.88. The van der Waals surface area contributed by atoms with Crippen LogP contribution in [0.15, 0.2) is 73.1 Å². The van der Waals surface area contributed by atoms with Gasteiger partial charge in [0.1, 0.15) is 11.6 Å². The van der Waals surface area contributed by atoms with E-state index >= 15 is 0 Å². The minimum atomic E-state index is -0.230. The Bertz CT molecular complexity index is 1230. The van der Waals surface area contributed by atoms with E-state index in [0.29, 0.717) is 6.04 Å². The first-order chi connectivity index (χ1) is 15.3. The van der Waals surface area contributed by atoms with Crippen LogP contribution in [-0.4, -0.2) is 27.6 Å². The molecule has 0 bridgehead atoms. The van der Waals surface area contributed by atoms with Gasteiger partial charge in [-0.3, -0.25) is 4.98 Å². The maximum Gasteiger partial charge on any atom is 0.123 e. The molecule has 1 atom stereocenters. The molecule has 5 heteroatoms. The van der Waals surface area contributed by atoms with Crippen molar-refractivity contribution in [3.05, 3.63) is 90.3 Å². The number of nitrogens with zero attached hydrogens (tertiary/aromatic N) is 4. The number of hydrogen-bond donors (Lipinski definition) is 0. The number of anilines is 1. The van der Waals surface area contributed by atoms with Gasteiger partial charge in [-0.05, 0) is 60.9 Å². The van der Waals surface area contributed by atoms with Crippen molar-refractivity contribution in [2.45, 2.75) is 25.3 Å². The molecular weight excluding hydrogens is 387 g/mol. The maximum atomic E-state index is 13.6. The topological polar surface area (TPSA) is 34.0 Å². The van der Waals surface area contributed by atoms with Crippen LogP contribution in [0.4, 0.5) is 10.1 Å². The fourth-order valence-electron chi connectivity index (χ4n) is 5.09. The molecule has 2 aromatic heterocycles. The predicted octanol–water partition coefficient (Wildman–Crippen LogP) is 5.30. The third-order valence-corrected chi connectivity index (χ3v) is 6.54. The highest BCUT2D eigenvalue weighted by Gasteiger charge is 2.32. The molecule has 0 amide bonds. The third kappa shape index (κ3) is 3.12. The van der Waals surface area contributed by atoms with E-state index < -0.39 is 0 Å². The van der Waals surface area contributed by atoms with Crippen LogP contribution < -0.4 is 4.90 Å². The molecule has 0 aliphatic carbocycles. The Morgan fingerprint density at radius 2 is 1.71 bits per heavy atom. The van der Waals surface area contributed by atoms with E-state index in [1.807, 2.05) is 36.7 Å². The van der Waals surface area contributed by atoms with Crippen molar-refractivity contribution >= 4 is 5.69 Å². The van der Waals surface area contributed by atoms with Crippen molar-refractivity contribution in [3.8, 4) is 22.5 Å². The van der Waals surface area contributed by atoms with Crippen molar-refractivity contribution in [2.75, 3.05) is 18.0 Å². The summed E-state index contributed by atoms with van der Waals surface area (Å²) in [4.78, 5) is 11.8. The van der Waals surface area contributed by atoms with Gasteiger partial charge in [0.25, 0.3) is 0 Å². The average molecular weight is 410 g/mol. The molecule has 154 valence electrons. The Kier molecular flexibility index (Phi) is 4.34. The Morgan fingerprint density at radius 3 is 2.55 bits per heavy atom. The van der Waals surface area contributed by atoms with Gasteiger partial charge in [0, 0.05) is 48.7 Å². The number of para-hydroxylation sites is 1. The van der Waals surface area contributed by atoms with Gasteiger partial charge >= 0.3 is 0 Å². The average Bonchev–Trinajstić information content (AvgIpc) is 3.50. The minimum Gasteiger partial charge on any atom is -0.369 e. The second-order valence-electron chi connectivity index (χ2n) is 8.36. The highest BCUT2D eigenvalue weighted by Crippen LogP contribution is 2.41. The SMILES string of the molecule is Fc1ccc(-c2nc3n(c2-c2ccncc2)[C@H](CN2CCc4ccccc42)CC3)cc1. The summed E-state index contributed by atoms with van der Waals surface area (Å²) in [7, 11) is 0. The monoisotopic (exact) mass is 410 g/mol. The molecule has 4 nitrogen and oxygen atoms in total. The lowest BCUT2D eigenvalue weighted by molar-refractivity contribution is 0.524. The van der Waals surface area contributed by atoms with Crippen LogP contribution in [0.25, 0.3) is 22.5 Å². The quantitative estimate of drug-likeness (QED) is 0.458. The number of fused-ring (bicyclic) bond motifs is 2. The summed E-state index contributed by atoms with van der Waals surface area (Å²) in [5, 5.41) is 0. The lowest BCUT2D eigenvalue weighted by Gasteiger charge is -2.26. The first kappa shape index (κ1) is 18.3. The van der Waals surface area contributed by atoms with E-state index in [1.165, 1.54) is 23.4 Å². The molecule has 2 aliphatic heterocycles. The van der Waals surface area contributed by atoms with Crippen molar-refractivity contribution in [3.63, 3.8) is 0 Å². The zero-order chi connectivity index (χ0) is 20.8. The highest BCUT2D eigenvalue weighted by molar-refractivity contribution is 5.79. The van der Waals surface area contributed by atoms with Crippen LogP contribution in [0.2, 0.25) is 0 Å². The standard InChI is InChI=1S/C26H23FN4/c27-21-7-5-19(6-8-21)25-26(20-11-14-28-15-12-20)31-22(9-10-24(31)29-25)17-30-16-13-18-3-1-2-4-23(18)30/h1-8,11-12,14-15,22H,9-10,13,16-17H2/t22-/m0/s1. The highest BCUT2D eigenvalue weighted by atomic mass is 19.1. The minimum absolute atomic E-state index is 0.230. The molecule has 2 aliphatic rings. The van der Waals surface area contributed by atoms with Gasteiger partial charge in [0.05, 0.1) is 17.4 Å². The second kappa shape index (κ2) is 7.34. The van der Waals surface area contributed by atoms with E-state index in [2.05, 4.69) is 38.7 Å². The van der Waals surface area contributed by atoms with Gasteiger partial charge in [0.15, 0.2) is 0 Å². The third-order valence-electron chi connectivity index (χ3n) is 6.54. The number of hydrogen-bond acceptors (Lipinski definition) is 3. The molecule has 31 heavy (non-hydrogen) atoms. The number of rotatable bonds is 4. The van der Waals surface area contributed by atoms with Crippen molar-refractivity contribution in [2.24, 2.45) is 0 Å². The Balaban J connectivity index is 1.43. The fraction of sp³-hybridized carbons (Fsp3) is 0.231. The van der Waals surface area contributed by atoms with Gasteiger partial charge in [-0.25, -0.2) is 9.37 Å². The second-order valence-corrected chi connectivity index (χ2v) is 8.36. The summed E-state index contributed by atoms with van der Waals surface area (Å²) in [6.07, 6.45) is 6.80. The molecule has 4 aromatic rings. The molecule has 0 fully saturated rings. The summed E-state index contributed by atoms with van der Waals surface area (Å²) < 4.78 is 16.0. The van der Waals surface area contributed by atoms with E-state index in [9.17, 15) is 4.39 Å². The molecule has 0 radical (unpaired) electrons. The van der Waals surface area contributed by atoms with Gasteiger partial charge in [0.2, 0.25) is 0 Å². The molecule has 0 saturated carbocycles. The van der Waals surface area contributed by atoms with Crippen LogP contribution in [0.5, 0.6) is 0 Å². The molecule has 0 saturated heterocycles. The molecular formula is C26H23FN4. The van der Waals surface area contributed by atoms with Crippen LogP contribution >= 0.6 is 0 Å². The first-order valence-electron chi connectivity index (χ1n) is 10.9. The summed E-state index contributed by atoms with van der Waals surface area (Å²) in [5.74, 6) is 0.884. The Hall–Kier alpha value is -3.47. The molecule has 0 unspecified atom stereocenters. The van der Waals surface area contributed by atoms with Gasteiger partial charge < -0.3 is 9.47 Å². The molecule has 6 rings (SSSR count). The van der Waals surface area contributed by atoms with E-state index in [1.54, 1.807) is 0 Å². The van der Waals surface area contributed by atoms with Gasteiger partial charge in [-0.1, -0.05) is 18.2 Å². The number of pyridine rings is 1. The van der Waals surface area contributed by atoms with E-state index in [4.69, 9.17) is 4.98 Å².